The van der Waals surface area contributed by atoms with Crippen molar-refractivity contribution in [2.24, 2.45) is 11.7 Å². The number of carbonyl (C=O) groups excluding carboxylic acids is 3. The van der Waals surface area contributed by atoms with Crippen LogP contribution < -0.4 is 21.7 Å². The molecule has 4 unspecified atom stereocenters. The van der Waals surface area contributed by atoms with Crippen molar-refractivity contribution in [3.05, 3.63) is 0 Å². The van der Waals surface area contributed by atoms with Crippen LogP contribution >= 0.6 is 11.8 Å². The third kappa shape index (κ3) is 10.1. The lowest BCUT2D eigenvalue weighted by molar-refractivity contribution is -0.147. The molecule has 0 aliphatic heterocycles. The molecule has 0 aromatic carbocycles. The molecule has 12 heteroatoms. The van der Waals surface area contributed by atoms with Crippen LogP contribution in [-0.2, 0) is 24.0 Å². The van der Waals surface area contributed by atoms with Gasteiger partial charge in [-0.25, -0.2) is 4.79 Å². The lowest BCUT2D eigenvalue weighted by atomic mass is 10.0. The third-order valence-electron chi connectivity index (χ3n) is 3.90. The van der Waals surface area contributed by atoms with Gasteiger partial charge in [0.15, 0.2) is 0 Å². The molecule has 0 aliphatic rings. The van der Waals surface area contributed by atoms with Crippen LogP contribution in [0.3, 0.4) is 0 Å². The second-order valence-electron chi connectivity index (χ2n) is 6.86. The Kier molecular flexibility index (Phi) is 11.9. The molecule has 29 heavy (non-hydrogen) atoms. The van der Waals surface area contributed by atoms with Crippen molar-refractivity contribution in [3.8, 4) is 0 Å². The zero-order chi connectivity index (χ0) is 22.7. The van der Waals surface area contributed by atoms with Gasteiger partial charge in [0.25, 0.3) is 0 Å². The van der Waals surface area contributed by atoms with E-state index in [2.05, 4.69) is 16.0 Å². The molecule has 0 spiro atoms. The summed E-state index contributed by atoms with van der Waals surface area (Å²) in [5, 5.41) is 25.0. The average Bonchev–Trinajstić information content (AvgIpc) is 2.60. The fourth-order valence-corrected chi connectivity index (χ4v) is 2.70. The lowest BCUT2D eigenvalue weighted by Gasteiger charge is -2.26. The summed E-state index contributed by atoms with van der Waals surface area (Å²) < 4.78 is 0. The third-order valence-corrected chi connectivity index (χ3v) is 4.54. The van der Waals surface area contributed by atoms with E-state index in [1.54, 1.807) is 13.8 Å². The summed E-state index contributed by atoms with van der Waals surface area (Å²) in [4.78, 5) is 59.0. The second kappa shape index (κ2) is 13.0. The molecular weight excluding hydrogens is 404 g/mol. The van der Waals surface area contributed by atoms with Gasteiger partial charge in [-0.15, -0.1) is 0 Å². The van der Waals surface area contributed by atoms with Gasteiger partial charge in [-0.2, -0.15) is 11.8 Å². The molecule has 0 radical (unpaired) electrons. The number of hydrogen-bond donors (Lipinski definition) is 6. The summed E-state index contributed by atoms with van der Waals surface area (Å²) in [6.07, 6.45) is 1.33. The van der Waals surface area contributed by atoms with Crippen LogP contribution in [0, 0.1) is 5.92 Å². The van der Waals surface area contributed by atoms with Crippen molar-refractivity contribution >= 4 is 41.4 Å². The largest absolute Gasteiger partial charge is 0.481 e. The van der Waals surface area contributed by atoms with Crippen molar-refractivity contribution in [3.63, 3.8) is 0 Å². The van der Waals surface area contributed by atoms with Crippen molar-refractivity contribution in [1.82, 2.24) is 16.0 Å². The highest BCUT2D eigenvalue weighted by atomic mass is 32.2. The van der Waals surface area contributed by atoms with E-state index in [-0.39, 0.29) is 0 Å². The SMILES string of the molecule is CSCCC(NC(=O)C(C)N)C(=O)NC(C(=O)NC(CC(=O)O)C(=O)O)C(C)C. The van der Waals surface area contributed by atoms with E-state index in [1.807, 2.05) is 6.26 Å². The summed E-state index contributed by atoms with van der Waals surface area (Å²) in [5.74, 6) is -4.73. The monoisotopic (exact) mass is 434 g/mol. The fourth-order valence-electron chi connectivity index (χ4n) is 2.23. The molecule has 11 nitrogen and oxygen atoms in total. The van der Waals surface area contributed by atoms with Crippen LogP contribution in [0.4, 0.5) is 0 Å². The summed E-state index contributed by atoms with van der Waals surface area (Å²) in [6, 6.07) is -4.51. The number of hydrogen-bond acceptors (Lipinski definition) is 7. The Bertz CT molecular complexity index is 613. The van der Waals surface area contributed by atoms with Crippen LogP contribution in [0.1, 0.15) is 33.6 Å². The molecule has 0 rings (SSSR count). The number of carboxylic acid groups (broad SMARTS) is 2. The number of thioether (sulfide) groups is 1. The Labute approximate surface area is 173 Å². The van der Waals surface area contributed by atoms with Gasteiger partial charge in [-0.3, -0.25) is 19.2 Å². The fraction of sp³-hybridized carbons (Fsp3) is 0.706. The Balaban J connectivity index is 5.31. The molecule has 0 saturated carbocycles. The van der Waals surface area contributed by atoms with Crippen LogP contribution in [0.5, 0.6) is 0 Å². The molecule has 7 N–H and O–H groups in total. The van der Waals surface area contributed by atoms with Gasteiger partial charge in [0.05, 0.1) is 12.5 Å². The first-order valence-electron chi connectivity index (χ1n) is 9.00. The van der Waals surface area contributed by atoms with Crippen molar-refractivity contribution in [2.45, 2.75) is 57.8 Å². The highest BCUT2D eigenvalue weighted by Crippen LogP contribution is 2.07. The highest BCUT2D eigenvalue weighted by molar-refractivity contribution is 7.98. The molecule has 0 aromatic heterocycles. The molecule has 3 amide bonds. The number of amides is 3. The van der Waals surface area contributed by atoms with Crippen LogP contribution in [0.25, 0.3) is 0 Å². The highest BCUT2D eigenvalue weighted by Gasteiger charge is 2.32. The first-order valence-corrected chi connectivity index (χ1v) is 10.4. The predicted molar refractivity (Wildman–Crippen MR) is 107 cm³/mol. The molecule has 0 fully saturated rings. The molecule has 0 saturated heterocycles. The number of aliphatic carboxylic acids is 2. The van der Waals surface area contributed by atoms with Gasteiger partial charge in [0.2, 0.25) is 17.7 Å². The van der Waals surface area contributed by atoms with E-state index in [1.165, 1.54) is 18.7 Å². The maximum atomic E-state index is 12.7. The van der Waals surface area contributed by atoms with Crippen molar-refractivity contribution in [2.75, 3.05) is 12.0 Å². The number of carbonyl (C=O) groups is 5. The first kappa shape index (κ1) is 26.7. The standard InChI is InChI=1S/C17H30N4O7S/c1-8(2)13(16(26)20-11(17(27)28)7-12(22)23)21-15(25)10(5-6-29-4)19-14(24)9(3)18/h8-11,13H,5-7,18H2,1-4H3,(H,19,24)(H,20,26)(H,21,25)(H,22,23)(H,27,28). The molecule has 0 bridgehead atoms. The lowest BCUT2D eigenvalue weighted by Crippen LogP contribution is -2.58. The molecule has 0 aromatic rings. The van der Waals surface area contributed by atoms with E-state index in [9.17, 15) is 24.0 Å². The van der Waals surface area contributed by atoms with E-state index < -0.39 is 66.2 Å². The Hall–Kier alpha value is -2.34. The van der Waals surface area contributed by atoms with Gasteiger partial charge >= 0.3 is 11.9 Å². The molecule has 4 atom stereocenters. The zero-order valence-corrected chi connectivity index (χ0v) is 17.7. The number of rotatable bonds is 13. The smallest absolute Gasteiger partial charge is 0.326 e. The number of nitrogens with two attached hydrogens (primary N) is 1. The van der Waals surface area contributed by atoms with E-state index in [0.29, 0.717) is 12.2 Å². The average molecular weight is 435 g/mol. The van der Waals surface area contributed by atoms with Gasteiger partial charge in [-0.1, -0.05) is 13.8 Å². The maximum absolute atomic E-state index is 12.7. The minimum absolute atomic E-state index is 0.300. The Morgan fingerprint density at radius 1 is 0.897 bits per heavy atom. The van der Waals surface area contributed by atoms with E-state index in [0.717, 1.165) is 0 Å². The topological polar surface area (TPSA) is 188 Å². The summed E-state index contributed by atoms with van der Waals surface area (Å²) >= 11 is 1.47. The van der Waals surface area contributed by atoms with Crippen molar-refractivity contribution < 1.29 is 34.2 Å². The molecule has 0 heterocycles. The minimum Gasteiger partial charge on any atom is -0.481 e. The van der Waals surface area contributed by atoms with Gasteiger partial charge < -0.3 is 31.9 Å². The summed E-state index contributed by atoms with van der Waals surface area (Å²) in [6.45, 7) is 4.74. The predicted octanol–water partition coefficient (Wildman–Crippen LogP) is -1.24. The summed E-state index contributed by atoms with van der Waals surface area (Å²) in [7, 11) is 0. The number of nitrogens with one attached hydrogen (secondary N) is 3. The van der Waals surface area contributed by atoms with Crippen LogP contribution in [0.15, 0.2) is 0 Å². The normalized spacial score (nSPS) is 15.0. The van der Waals surface area contributed by atoms with Crippen molar-refractivity contribution in [1.29, 1.82) is 0 Å². The Morgan fingerprint density at radius 3 is 1.86 bits per heavy atom. The zero-order valence-electron chi connectivity index (χ0n) is 16.9. The van der Waals surface area contributed by atoms with E-state index >= 15 is 0 Å². The quantitative estimate of drug-likeness (QED) is 0.206. The minimum atomic E-state index is -1.64. The maximum Gasteiger partial charge on any atom is 0.326 e. The van der Waals surface area contributed by atoms with Crippen LogP contribution in [0.2, 0.25) is 0 Å². The Morgan fingerprint density at radius 2 is 1.45 bits per heavy atom. The van der Waals surface area contributed by atoms with Gasteiger partial charge in [0.1, 0.15) is 18.1 Å². The van der Waals surface area contributed by atoms with Gasteiger partial charge in [-0.05, 0) is 31.3 Å². The number of carboxylic acids is 2. The van der Waals surface area contributed by atoms with E-state index in [4.69, 9.17) is 15.9 Å². The molecular formula is C17H30N4O7S. The summed E-state index contributed by atoms with van der Waals surface area (Å²) in [5.41, 5.74) is 5.52. The second-order valence-corrected chi connectivity index (χ2v) is 7.84. The molecule has 0 aliphatic carbocycles. The first-order chi connectivity index (χ1) is 13.4. The van der Waals surface area contributed by atoms with Crippen LogP contribution in [-0.4, -0.2) is 76.0 Å². The van der Waals surface area contributed by atoms with Gasteiger partial charge in [0, 0.05) is 0 Å². The molecule has 166 valence electrons.